The number of benzene rings is 2. The molecule has 2 heteroatoms. The third-order valence-electron chi connectivity index (χ3n) is 3.05. The van der Waals surface area contributed by atoms with Crippen molar-refractivity contribution in [3.63, 3.8) is 0 Å². The molecule has 2 aromatic carbocycles. The van der Waals surface area contributed by atoms with Crippen molar-refractivity contribution in [2.24, 2.45) is 0 Å². The van der Waals surface area contributed by atoms with Crippen LogP contribution in [-0.4, -0.2) is 19.6 Å². The van der Waals surface area contributed by atoms with E-state index in [0.29, 0.717) is 0 Å². The molecular weight excluding hydrogens is 435 g/mol. The van der Waals surface area contributed by atoms with E-state index in [1.807, 2.05) is 0 Å². The normalized spacial score (nSPS) is 14.1. The first-order valence-corrected chi connectivity index (χ1v) is 10.6. The molecule has 0 N–H and O–H groups in total. The van der Waals surface area contributed by atoms with Crippen LogP contribution in [0.1, 0.15) is 16.7 Å². The van der Waals surface area contributed by atoms with Gasteiger partial charge < -0.3 is 24.0 Å². The zero-order valence-corrected chi connectivity index (χ0v) is 14.1. The summed E-state index contributed by atoms with van der Waals surface area (Å²) in [5.41, 5.74) is 4.82. The minimum atomic E-state index is -0.909. The van der Waals surface area contributed by atoms with Gasteiger partial charge in [-0.05, 0) is 0 Å². The molecule has 17 heavy (non-hydrogen) atoms. The molecule has 3 rings (SSSR count). The molecule has 1 aliphatic rings. The molecule has 0 aliphatic carbocycles. The van der Waals surface area contributed by atoms with Gasteiger partial charge in [0.05, 0.1) is 0 Å². The first-order valence-electron chi connectivity index (χ1n) is 5.66. The van der Waals surface area contributed by atoms with Crippen molar-refractivity contribution in [3.8, 4) is 0 Å². The van der Waals surface area contributed by atoms with E-state index < -0.39 is 19.6 Å². The Hall–Kier alpha value is -0.0404. The van der Waals surface area contributed by atoms with E-state index in [-0.39, 0.29) is 24.0 Å². The number of rotatable bonds is 2. The van der Waals surface area contributed by atoms with Crippen molar-refractivity contribution >= 4 is 19.6 Å². The van der Waals surface area contributed by atoms with Crippen LogP contribution in [0.4, 0.5) is 0 Å². The summed E-state index contributed by atoms with van der Waals surface area (Å²) in [4.78, 5) is 0. The molecule has 0 nitrogen and oxygen atoms in total. The van der Waals surface area contributed by atoms with Gasteiger partial charge in [0.15, 0.2) is 0 Å². The summed E-state index contributed by atoms with van der Waals surface area (Å²) >= 11 is -0.909. The molecule has 2 aromatic rings. The third kappa shape index (κ3) is 3.24. The fourth-order valence-corrected chi connectivity index (χ4v) is 9.13. The number of hydrogen-bond acceptors (Lipinski definition) is 0. The summed E-state index contributed by atoms with van der Waals surface area (Å²) < 4.78 is 4.24. The SMILES string of the molecule is [I-].c1ccc(C[Te+]2Cc3ccccc3C2)cc1. The van der Waals surface area contributed by atoms with E-state index >= 15 is 0 Å². The van der Waals surface area contributed by atoms with E-state index in [2.05, 4.69) is 54.6 Å². The predicted molar refractivity (Wildman–Crippen MR) is 69.8 cm³/mol. The van der Waals surface area contributed by atoms with Crippen molar-refractivity contribution in [2.75, 3.05) is 0 Å². The van der Waals surface area contributed by atoms with Gasteiger partial charge in [0.2, 0.25) is 0 Å². The van der Waals surface area contributed by atoms with Gasteiger partial charge in [-0.3, -0.25) is 0 Å². The van der Waals surface area contributed by atoms with Gasteiger partial charge in [0, 0.05) is 0 Å². The van der Waals surface area contributed by atoms with Crippen LogP contribution in [0.5, 0.6) is 0 Å². The molecule has 88 valence electrons. The summed E-state index contributed by atoms with van der Waals surface area (Å²) in [6.07, 6.45) is 0. The average molecular weight is 450 g/mol. The maximum absolute atomic E-state index is 2.32. The van der Waals surface area contributed by atoms with Crippen LogP contribution in [0.25, 0.3) is 0 Å². The van der Waals surface area contributed by atoms with Gasteiger partial charge in [0.25, 0.3) is 0 Å². The van der Waals surface area contributed by atoms with Gasteiger partial charge in [-0.2, -0.15) is 0 Å². The third-order valence-corrected chi connectivity index (χ3v) is 9.27. The molecule has 0 amide bonds. The second-order valence-electron chi connectivity index (χ2n) is 4.30. The quantitative estimate of drug-likeness (QED) is 0.452. The van der Waals surface area contributed by atoms with Gasteiger partial charge >= 0.3 is 104 Å². The van der Waals surface area contributed by atoms with Crippen LogP contribution in [0.15, 0.2) is 54.6 Å². The van der Waals surface area contributed by atoms with Crippen LogP contribution in [0.3, 0.4) is 0 Å². The van der Waals surface area contributed by atoms with Crippen molar-refractivity contribution < 1.29 is 24.0 Å². The minimum absolute atomic E-state index is 0. The summed E-state index contributed by atoms with van der Waals surface area (Å²) in [5.74, 6) is 0. The standard InChI is InChI=1S/C15H15Te.HI/c1-2-6-13(7-3-1)10-16-11-14-8-4-5-9-15(14)12-16;/h1-9H,10-12H2;1H/q+1;/p-1. The Labute approximate surface area is 127 Å². The Balaban J connectivity index is 0.00000108. The zero-order valence-electron chi connectivity index (χ0n) is 9.60. The van der Waals surface area contributed by atoms with Gasteiger partial charge in [-0.1, -0.05) is 0 Å². The fourth-order valence-electron chi connectivity index (χ4n) is 2.24. The average Bonchev–Trinajstić information content (AvgIpc) is 2.72. The molecule has 1 heterocycles. The van der Waals surface area contributed by atoms with Crippen molar-refractivity contribution in [3.05, 3.63) is 71.3 Å². The molecule has 0 bridgehead atoms. The van der Waals surface area contributed by atoms with Crippen molar-refractivity contribution in [1.29, 1.82) is 0 Å². The van der Waals surface area contributed by atoms with E-state index in [1.165, 1.54) is 13.4 Å². The molecular formula is C15H15ITe. The molecule has 0 fully saturated rings. The summed E-state index contributed by atoms with van der Waals surface area (Å²) in [7, 11) is 0. The van der Waals surface area contributed by atoms with Crippen molar-refractivity contribution in [1.82, 2.24) is 0 Å². The van der Waals surface area contributed by atoms with E-state index in [1.54, 1.807) is 16.7 Å². The van der Waals surface area contributed by atoms with Gasteiger partial charge in [0.1, 0.15) is 0 Å². The fraction of sp³-hybridized carbons (Fsp3) is 0.200. The molecule has 0 atom stereocenters. The summed E-state index contributed by atoms with van der Waals surface area (Å²) in [6.45, 7) is 0. The van der Waals surface area contributed by atoms with E-state index in [0.717, 1.165) is 0 Å². The molecule has 0 saturated heterocycles. The van der Waals surface area contributed by atoms with E-state index in [4.69, 9.17) is 0 Å². The first kappa shape index (κ1) is 13.4. The molecule has 1 aliphatic heterocycles. The molecule has 0 unspecified atom stereocenters. The Bertz CT molecular complexity index is 456. The predicted octanol–water partition coefficient (Wildman–Crippen LogP) is 0.144. The topological polar surface area (TPSA) is 0 Å². The maximum atomic E-state index is 2.32. The summed E-state index contributed by atoms with van der Waals surface area (Å²) in [6, 6.07) is 20.0. The number of fused-ring (bicyclic) bond motifs is 1. The molecule has 0 aromatic heterocycles. The molecule has 0 radical (unpaired) electrons. The van der Waals surface area contributed by atoms with Crippen LogP contribution >= 0.6 is 0 Å². The Morgan fingerprint density at radius 3 is 1.88 bits per heavy atom. The first-order chi connectivity index (χ1) is 7.92. The van der Waals surface area contributed by atoms with Crippen LogP contribution in [0.2, 0.25) is 0 Å². The molecule has 0 spiro atoms. The zero-order chi connectivity index (χ0) is 10.8. The summed E-state index contributed by atoms with van der Waals surface area (Å²) in [5, 5.41) is 0. The Morgan fingerprint density at radius 1 is 0.765 bits per heavy atom. The van der Waals surface area contributed by atoms with Crippen LogP contribution < -0.4 is 24.0 Å². The second kappa shape index (κ2) is 6.22. The monoisotopic (exact) mass is 452 g/mol. The van der Waals surface area contributed by atoms with Crippen molar-refractivity contribution in [2.45, 2.75) is 13.4 Å². The number of hydrogen-bond donors (Lipinski definition) is 0. The van der Waals surface area contributed by atoms with Crippen LogP contribution in [-0.2, 0) is 13.4 Å². The Morgan fingerprint density at radius 2 is 1.29 bits per heavy atom. The Kier molecular flexibility index (Phi) is 4.90. The number of halogens is 1. The van der Waals surface area contributed by atoms with Gasteiger partial charge in [-0.15, -0.1) is 0 Å². The van der Waals surface area contributed by atoms with E-state index in [9.17, 15) is 0 Å². The molecule has 0 saturated carbocycles. The van der Waals surface area contributed by atoms with Gasteiger partial charge in [-0.25, -0.2) is 0 Å². The second-order valence-corrected chi connectivity index (χ2v) is 10.3. The van der Waals surface area contributed by atoms with Crippen LogP contribution in [0, 0.1) is 0 Å².